The maximum absolute atomic E-state index is 13.5. The summed E-state index contributed by atoms with van der Waals surface area (Å²) in [6, 6.07) is 3.21. The van der Waals surface area contributed by atoms with Crippen LogP contribution in [0.1, 0.15) is 24.2 Å². The van der Waals surface area contributed by atoms with Crippen LogP contribution in [0.2, 0.25) is 0 Å². The van der Waals surface area contributed by atoms with Crippen molar-refractivity contribution in [2.24, 2.45) is 7.05 Å². The van der Waals surface area contributed by atoms with E-state index in [1.165, 1.54) is 6.07 Å². The lowest BCUT2D eigenvalue weighted by Crippen LogP contribution is -2.20. The number of imidazole rings is 1. The van der Waals surface area contributed by atoms with Crippen molar-refractivity contribution >= 4 is 0 Å². The van der Waals surface area contributed by atoms with Crippen LogP contribution in [0.3, 0.4) is 0 Å². The van der Waals surface area contributed by atoms with Gasteiger partial charge in [-0.3, -0.25) is 0 Å². The first-order chi connectivity index (χ1) is 8.58. The third kappa shape index (κ3) is 2.73. The van der Waals surface area contributed by atoms with Crippen molar-refractivity contribution in [1.29, 1.82) is 0 Å². The van der Waals surface area contributed by atoms with Crippen molar-refractivity contribution < 1.29 is 8.78 Å². The van der Waals surface area contributed by atoms with Crippen LogP contribution >= 0.6 is 0 Å². The molecule has 1 heterocycles. The Balaban J connectivity index is 2.06. The van der Waals surface area contributed by atoms with Crippen LogP contribution in [0.5, 0.6) is 0 Å². The maximum Gasteiger partial charge on any atom is 0.128 e. The first-order valence-corrected chi connectivity index (χ1v) is 5.71. The minimum atomic E-state index is -0.430. The third-order valence-corrected chi connectivity index (χ3v) is 2.93. The van der Waals surface area contributed by atoms with Gasteiger partial charge in [-0.15, -0.1) is 0 Å². The van der Waals surface area contributed by atoms with Gasteiger partial charge >= 0.3 is 0 Å². The van der Waals surface area contributed by atoms with Crippen LogP contribution in [0.15, 0.2) is 30.7 Å². The van der Waals surface area contributed by atoms with E-state index in [4.69, 9.17) is 0 Å². The fourth-order valence-electron chi connectivity index (χ4n) is 1.77. The smallest absolute Gasteiger partial charge is 0.128 e. The van der Waals surface area contributed by atoms with Gasteiger partial charge in [-0.05, 0) is 25.1 Å². The predicted octanol–water partition coefficient (Wildman–Crippen LogP) is 2.55. The summed E-state index contributed by atoms with van der Waals surface area (Å²) in [6.07, 6.45) is 3.44. The Morgan fingerprint density at radius 2 is 2.17 bits per heavy atom. The highest BCUT2D eigenvalue weighted by molar-refractivity contribution is 5.21. The lowest BCUT2D eigenvalue weighted by atomic mass is 10.1. The first kappa shape index (κ1) is 12.7. The van der Waals surface area contributed by atoms with E-state index >= 15 is 0 Å². The maximum atomic E-state index is 13.5. The van der Waals surface area contributed by atoms with Crippen molar-refractivity contribution in [3.8, 4) is 0 Å². The van der Waals surface area contributed by atoms with Crippen LogP contribution in [-0.4, -0.2) is 9.55 Å². The number of hydrogen-bond donors (Lipinski definition) is 1. The van der Waals surface area contributed by atoms with Crippen LogP contribution in [0.4, 0.5) is 8.78 Å². The monoisotopic (exact) mass is 251 g/mol. The number of halogens is 2. The molecule has 0 spiro atoms. The summed E-state index contributed by atoms with van der Waals surface area (Å²) >= 11 is 0. The Morgan fingerprint density at radius 1 is 1.39 bits per heavy atom. The molecular formula is C13H15F2N3. The highest BCUT2D eigenvalue weighted by Crippen LogP contribution is 2.18. The highest BCUT2D eigenvalue weighted by Gasteiger charge is 2.12. The van der Waals surface area contributed by atoms with E-state index in [0.717, 1.165) is 17.8 Å². The molecule has 1 atom stereocenters. The molecule has 1 aromatic carbocycles. The lowest BCUT2D eigenvalue weighted by Gasteiger charge is -2.15. The molecule has 0 aliphatic heterocycles. The molecule has 2 rings (SSSR count). The Labute approximate surface area is 104 Å². The van der Waals surface area contributed by atoms with E-state index in [-0.39, 0.29) is 6.04 Å². The average molecular weight is 251 g/mol. The average Bonchev–Trinajstić information content (AvgIpc) is 2.75. The van der Waals surface area contributed by atoms with Crippen molar-refractivity contribution in [2.45, 2.75) is 19.5 Å². The van der Waals surface area contributed by atoms with Crippen LogP contribution < -0.4 is 5.32 Å². The standard InChI is InChI=1S/C13H15F2N3/c1-9(12-5-10(14)3-4-13(12)15)17-7-11-6-16-8-18(11)2/h3-6,8-9,17H,7H2,1-2H3. The molecule has 0 saturated heterocycles. The van der Waals surface area contributed by atoms with Crippen molar-refractivity contribution in [2.75, 3.05) is 0 Å². The Morgan fingerprint density at radius 3 is 2.83 bits per heavy atom. The molecular weight excluding hydrogens is 236 g/mol. The molecule has 1 unspecified atom stereocenters. The molecule has 1 N–H and O–H groups in total. The van der Waals surface area contributed by atoms with Crippen molar-refractivity contribution in [3.05, 3.63) is 53.6 Å². The van der Waals surface area contributed by atoms with Gasteiger partial charge in [-0.1, -0.05) is 0 Å². The molecule has 0 bridgehead atoms. The number of benzene rings is 1. The topological polar surface area (TPSA) is 29.9 Å². The minimum absolute atomic E-state index is 0.268. The van der Waals surface area contributed by atoms with Crippen molar-refractivity contribution in [3.63, 3.8) is 0 Å². The van der Waals surface area contributed by atoms with Crippen LogP contribution in [0, 0.1) is 11.6 Å². The quantitative estimate of drug-likeness (QED) is 0.905. The summed E-state index contributed by atoms with van der Waals surface area (Å²) in [5, 5.41) is 3.14. The Hall–Kier alpha value is -1.75. The van der Waals surface area contributed by atoms with Gasteiger partial charge in [0.2, 0.25) is 0 Å². The molecule has 96 valence electrons. The zero-order valence-electron chi connectivity index (χ0n) is 10.3. The molecule has 0 aliphatic rings. The zero-order chi connectivity index (χ0) is 13.1. The molecule has 18 heavy (non-hydrogen) atoms. The lowest BCUT2D eigenvalue weighted by molar-refractivity contribution is 0.511. The van der Waals surface area contributed by atoms with E-state index in [2.05, 4.69) is 10.3 Å². The van der Waals surface area contributed by atoms with Gasteiger partial charge in [0, 0.05) is 31.4 Å². The molecule has 5 heteroatoms. The zero-order valence-corrected chi connectivity index (χ0v) is 10.3. The SMILES string of the molecule is CC(NCc1cncn1C)c1cc(F)ccc1F. The van der Waals surface area contributed by atoms with Gasteiger partial charge in [0.05, 0.1) is 12.0 Å². The molecule has 3 nitrogen and oxygen atoms in total. The number of aromatic nitrogens is 2. The summed E-state index contributed by atoms with van der Waals surface area (Å²) in [5.74, 6) is -0.831. The number of aryl methyl sites for hydroxylation is 1. The van der Waals surface area contributed by atoms with E-state index < -0.39 is 11.6 Å². The number of rotatable bonds is 4. The van der Waals surface area contributed by atoms with Gasteiger partial charge in [0.15, 0.2) is 0 Å². The summed E-state index contributed by atoms with van der Waals surface area (Å²) < 4.78 is 28.5. The molecule has 0 saturated carbocycles. The summed E-state index contributed by atoms with van der Waals surface area (Å²) in [7, 11) is 1.89. The normalized spacial score (nSPS) is 12.7. The van der Waals surface area contributed by atoms with Gasteiger partial charge in [0.1, 0.15) is 11.6 Å². The summed E-state index contributed by atoms with van der Waals surface area (Å²) in [6.45, 7) is 2.35. The predicted molar refractivity (Wildman–Crippen MR) is 64.8 cm³/mol. The first-order valence-electron chi connectivity index (χ1n) is 5.71. The third-order valence-electron chi connectivity index (χ3n) is 2.93. The van der Waals surface area contributed by atoms with E-state index in [1.54, 1.807) is 19.4 Å². The van der Waals surface area contributed by atoms with E-state index in [0.29, 0.717) is 12.1 Å². The fraction of sp³-hybridized carbons (Fsp3) is 0.308. The van der Waals surface area contributed by atoms with Gasteiger partial charge in [-0.2, -0.15) is 0 Å². The van der Waals surface area contributed by atoms with E-state index in [9.17, 15) is 8.78 Å². The van der Waals surface area contributed by atoms with Crippen molar-refractivity contribution in [1.82, 2.24) is 14.9 Å². The Bertz CT molecular complexity index is 537. The second-order valence-corrected chi connectivity index (χ2v) is 4.26. The molecule has 0 radical (unpaired) electrons. The summed E-state index contributed by atoms with van der Waals surface area (Å²) in [5.41, 5.74) is 1.32. The molecule has 0 amide bonds. The number of nitrogens with one attached hydrogen (secondary N) is 1. The van der Waals surface area contributed by atoms with Gasteiger partial charge in [0.25, 0.3) is 0 Å². The minimum Gasteiger partial charge on any atom is -0.337 e. The van der Waals surface area contributed by atoms with Gasteiger partial charge in [-0.25, -0.2) is 13.8 Å². The Kier molecular flexibility index (Phi) is 3.72. The second-order valence-electron chi connectivity index (χ2n) is 4.26. The highest BCUT2D eigenvalue weighted by atomic mass is 19.1. The van der Waals surface area contributed by atoms with Crippen LogP contribution in [-0.2, 0) is 13.6 Å². The number of nitrogens with zero attached hydrogens (tertiary/aromatic N) is 2. The molecule has 0 aliphatic carbocycles. The largest absolute Gasteiger partial charge is 0.337 e. The molecule has 2 aromatic rings. The summed E-state index contributed by atoms with van der Waals surface area (Å²) in [4.78, 5) is 3.99. The van der Waals surface area contributed by atoms with Crippen LogP contribution in [0.25, 0.3) is 0 Å². The fourth-order valence-corrected chi connectivity index (χ4v) is 1.77. The molecule has 0 fully saturated rings. The second kappa shape index (κ2) is 5.27. The number of hydrogen-bond acceptors (Lipinski definition) is 2. The molecule has 1 aromatic heterocycles. The van der Waals surface area contributed by atoms with Gasteiger partial charge < -0.3 is 9.88 Å². The van der Waals surface area contributed by atoms with E-state index in [1.807, 2.05) is 11.6 Å².